The molecule has 1 aliphatic heterocycles. The zero-order valence-corrected chi connectivity index (χ0v) is 8.33. The normalized spacial score (nSPS) is 18.0. The Morgan fingerprint density at radius 2 is 2.21 bits per heavy atom. The number of hydrogen-bond acceptors (Lipinski definition) is 4. The van der Waals surface area contributed by atoms with Crippen molar-refractivity contribution in [3.8, 4) is 0 Å². The van der Waals surface area contributed by atoms with E-state index in [4.69, 9.17) is 9.47 Å². The number of carbonyl (C=O) groups excluding carboxylic acids is 1. The predicted molar refractivity (Wildman–Crippen MR) is 54.1 cm³/mol. The zero-order chi connectivity index (χ0) is 9.80. The van der Waals surface area contributed by atoms with Crippen molar-refractivity contribution in [1.29, 1.82) is 0 Å². The van der Waals surface area contributed by atoms with E-state index in [0.29, 0.717) is 13.2 Å². The maximum Gasteiger partial charge on any atom is 0.185 e. The Labute approximate surface area is 86.0 Å². The van der Waals surface area contributed by atoms with Crippen molar-refractivity contribution in [3.63, 3.8) is 0 Å². The summed E-state index contributed by atoms with van der Waals surface area (Å²) in [5.74, 6) is 0. The number of hydrogen-bond donors (Lipinski definition) is 0. The van der Waals surface area contributed by atoms with Gasteiger partial charge in [0.1, 0.15) is 6.29 Å². The van der Waals surface area contributed by atoms with Gasteiger partial charge in [-0.3, -0.25) is 4.79 Å². The predicted octanol–water partition coefficient (Wildman–Crippen LogP) is 2.01. The summed E-state index contributed by atoms with van der Waals surface area (Å²) < 4.78 is 10.8. The molecule has 0 unspecified atom stereocenters. The van der Waals surface area contributed by atoms with Crippen LogP contribution >= 0.6 is 11.3 Å². The second-order valence-electron chi connectivity index (χ2n) is 2.81. The highest BCUT2D eigenvalue weighted by molar-refractivity contribution is 7.11. The van der Waals surface area contributed by atoms with Crippen molar-refractivity contribution in [2.45, 2.75) is 6.29 Å². The van der Waals surface area contributed by atoms with Crippen molar-refractivity contribution in [1.82, 2.24) is 0 Å². The molecule has 0 aliphatic carbocycles. The van der Waals surface area contributed by atoms with Gasteiger partial charge in [0.2, 0.25) is 0 Å². The molecule has 0 spiro atoms. The zero-order valence-electron chi connectivity index (χ0n) is 7.51. The Kier molecular flexibility index (Phi) is 3.08. The van der Waals surface area contributed by atoms with E-state index in [0.717, 1.165) is 16.7 Å². The Hall–Kier alpha value is -0.970. The second-order valence-corrected chi connectivity index (χ2v) is 3.76. The van der Waals surface area contributed by atoms with Gasteiger partial charge >= 0.3 is 0 Å². The van der Waals surface area contributed by atoms with E-state index in [2.05, 4.69) is 0 Å². The average Bonchev–Trinajstić information content (AvgIpc) is 2.84. The van der Waals surface area contributed by atoms with Crippen molar-refractivity contribution >= 4 is 23.7 Å². The number of ether oxygens (including phenoxy) is 2. The van der Waals surface area contributed by atoms with Crippen molar-refractivity contribution in [2.24, 2.45) is 0 Å². The first-order valence-electron chi connectivity index (χ1n) is 4.34. The molecule has 0 N–H and O–H groups in total. The van der Waals surface area contributed by atoms with E-state index >= 15 is 0 Å². The van der Waals surface area contributed by atoms with Crippen LogP contribution in [0.4, 0.5) is 0 Å². The van der Waals surface area contributed by atoms with Crippen LogP contribution < -0.4 is 0 Å². The van der Waals surface area contributed by atoms with Gasteiger partial charge in [-0.05, 0) is 23.6 Å². The average molecular weight is 210 g/mol. The Bertz CT molecular complexity index is 337. The lowest BCUT2D eigenvalue weighted by Crippen LogP contribution is -1.97. The molecule has 4 heteroatoms. The fourth-order valence-electron chi connectivity index (χ4n) is 1.33. The molecule has 0 bridgehead atoms. The summed E-state index contributed by atoms with van der Waals surface area (Å²) in [7, 11) is 0. The summed E-state index contributed by atoms with van der Waals surface area (Å²) in [5, 5.41) is 1.96. The SMILES string of the molecule is O=C/C=C/c1sccc1C1OCCO1. The van der Waals surface area contributed by atoms with Gasteiger partial charge in [0, 0.05) is 10.4 Å². The molecular weight excluding hydrogens is 200 g/mol. The highest BCUT2D eigenvalue weighted by atomic mass is 32.1. The second kappa shape index (κ2) is 4.50. The molecular formula is C10H10O3S. The van der Waals surface area contributed by atoms with Gasteiger partial charge < -0.3 is 9.47 Å². The van der Waals surface area contributed by atoms with Crippen LogP contribution in [0.15, 0.2) is 17.5 Å². The molecule has 0 atom stereocenters. The lowest BCUT2D eigenvalue weighted by Gasteiger charge is -2.07. The Morgan fingerprint density at radius 3 is 2.93 bits per heavy atom. The van der Waals surface area contributed by atoms with E-state index < -0.39 is 0 Å². The number of allylic oxidation sites excluding steroid dienone is 1. The fourth-order valence-corrected chi connectivity index (χ4v) is 2.14. The van der Waals surface area contributed by atoms with Crippen LogP contribution in [0, 0.1) is 0 Å². The van der Waals surface area contributed by atoms with Gasteiger partial charge in [-0.15, -0.1) is 11.3 Å². The third-order valence-corrected chi connectivity index (χ3v) is 2.83. The topological polar surface area (TPSA) is 35.5 Å². The molecule has 3 nitrogen and oxygen atoms in total. The molecule has 0 saturated carbocycles. The molecule has 1 fully saturated rings. The van der Waals surface area contributed by atoms with Crippen molar-refractivity contribution < 1.29 is 14.3 Å². The Balaban J connectivity index is 2.19. The summed E-state index contributed by atoms with van der Waals surface area (Å²) in [6.45, 7) is 1.27. The van der Waals surface area contributed by atoms with E-state index in [-0.39, 0.29) is 6.29 Å². The van der Waals surface area contributed by atoms with Gasteiger partial charge in [0.15, 0.2) is 6.29 Å². The largest absolute Gasteiger partial charge is 0.346 e. The fraction of sp³-hybridized carbons (Fsp3) is 0.300. The van der Waals surface area contributed by atoms with Crippen molar-refractivity contribution in [2.75, 3.05) is 13.2 Å². The number of aldehydes is 1. The maximum absolute atomic E-state index is 10.2. The minimum absolute atomic E-state index is 0.257. The molecule has 1 aromatic rings. The standard InChI is InChI=1S/C10H10O3S/c11-4-1-2-9-8(3-7-14-9)10-12-5-6-13-10/h1-4,7,10H,5-6H2/b2-1+. The highest BCUT2D eigenvalue weighted by Crippen LogP contribution is 2.30. The van der Waals surface area contributed by atoms with Crippen LogP contribution in [-0.2, 0) is 14.3 Å². The molecule has 0 amide bonds. The van der Waals surface area contributed by atoms with Crippen LogP contribution in [-0.4, -0.2) is 19.5 Å². The smallest absolute Gasteiger partial charge is 0.185 e. The summed E-state index contributed by atoms with van der Waals surface area (Å²) in [4.78, 5) is 11.2. The van der Waals surface area contributed by atoms with Gasteiger partial charge in [-0.2, -0.15) is 0 Å². The maximum atomic E-state index is 10.2. The molecule has 1 saturated heterocycles. The van der Waals surface area contributed by atoms with Gasteiger partial charge in [-0.25, -0.2) is 0 Å². The number of thiophene rings is 1. The molecule has 74 valence electrons. The van der Waals surface area contributed by atoms with Crippen LogP contribution in [0.1, 0.15) is 16.7 Å². The summed E-state index contributed by atoms with van der Waals surface area (Å²) in [6.07, 6.45) is 3.76. The first-order valence-corrected chi connectivity index (χ1v) is 5.22. The van der Waals surface area contributed by atoms with E-state index in [1.807, 2.05) is 11.4 Å². The minimum atomic E-state index is -0.257. The molecule has 0 radical (unpaired) electrons. The number of rotatable bonds is 3. The van der Waals surface area contributed by atoms with E-state index in [1.165, 1.54) is 6.08 Å². The van der Waals surface area contributed by atoms with E-state index in [1.54, 1.807) is 17.4 Å². The van der Waals surface area contributed by atoms with Crippen LogP contribution in [0.2, 0.25) is 0 Å². The van der Waals surface area contributed by atoms with Gasteiger partial charge in [0.05, 0.1) is 13.2 Å². The lowest BCUT2D eigenvalue weighted by atomic mass is 10.2. The van der Waals surface area contributed by atoms with Crippen LogP contribution in [0.5, 0.6) is 0 Å². The molecule has 14 heavy (non-hydrogen) atoms. The highest BCUT2D eigenvalue weighted by Gasteiger charge is 2.20. The van der Waals surface area contributed by atoms with Crippen LogP contribution in [0.3, 0.4) is 0 Å². The third-order valence-electron chi connectivity index (χ3n) is 1.93. The monoisotopic (exact) mass is 210 g/mol. The third kappa shape index (κ3) is 1.92. The Morgan fingerprint density at radius 1 is 1.43 bits per heavy atom. The first kappa shape index (κ1) is 9.58. The van der Waals surface area contributed by atoms with Crippen molar-refractivity contribution in [3.05, 3.63) is 28.0 Å². The lowest BCUT2D eigenvalue weighted by molar-refractivity contribution is -0.104. The summed E-state index contributed by atoms with van der Waals surface area (Å²) in [6, 6.07) is 1.96. The van der Waals surface area contributed by atoms with Crippen LogP contribution in [0.25, 0.3) is 6.08 Å². The van der Waals surface area contributed by atoms with Gasteiger partial charge in [0.25, 0.3) is 0 Å². The first-order chi connectivity index (χ1) is 6.92. The molecule has 1 aromatic heterocycles. The number of carbonyl (C=O) groups is 1. The molecule has 2 heterocycles. The quantitative estimate of drug-likeness (QED) is 0.565. The molecule has 1 aliphatic rings. The summed E-state index contributed by atoms with van der Waals surface area (Å²) in [5.41, 5.74) is 1.01. The van der Waals surface area contributed by atoms with Gasteiger partial charge in [-0.1, -0.05) is 0 Å². The van der Waals surface area contributed by atoms with E-state index in [9.17, 15) is 4.79 Å². The summed E-state index contributed by atoms with van der Waals surface area (Å²) >= 11 is 1.57. The molecule has 2 rings (SSSR count). The minimum Gasteiger partial charge on any atom is -0.346 e. The molecule has 0 aromatic carbocycles.